The second-order valence-electron chi connectivity index (χ2n) is 5.19. The van der Waals surface area contributed by atoms with Gasteiger partial charge in [-0.1, -0.05) is 0 Å². The Labute approximate surface area is 114 Å². The summed E-state index contributed by atoms with van der Waals surface area (Å²) >= 11 is 0. The largest absolute Gasteiger partial charge is 0.380 e. The van der Waals surface area contributed by atoms with Gasteiger partial charge in [0.1, 0.15) is 0 Å². The lowest BCUT2D eigenvalue weighted by Gasteiger charge is -2.20. The molecule has 0 aliphatic carbocycles. The zero-order valence-electron chi connectivity index (χ0n) is 12.2. The molecule has 2 heterocycles. The SMILES string of the molecule is COC(C)C(C)Nc1cnc2c(cnn2C(C)C)c1. The minimum atomic E-state index is 0.147. The summed E-state index contributed by atoms with van der Waals surface area (Å²) in [4.78, 5) is 4.50. The van der Waals surface area contributed by atoms with Gasteiger partial charge in [-0.2, -0.15) is 5.10 Å². The third-order valence-corrected chi connectivity index (χ3v) is 3.39. The summed E-state index contributed by atoms with van der Waals surface area (Å²) in [6.07, 6.45) is 3.86. The average molecular weight is 262 g/mol. The zero-order chi connectivity index (χ0) is 14.0. The van der Waals surface area contributed by atoms with Crippen LogP contribution in [0.4, 0.5) is 5.69 Å². The summed E-state index contributed by atoms with van der Waals surface area (Å²) in [5, 5.41) is 8.82. The number of fused-ring (bicyclic) bond motifs is 1. The van der Waals surface area contributed by atoms with Crippen molar-refractivity contribution in [2.45, 2.75) is 45.9 Å². The highest BCUT2D eigenvalue weighted by molar-refractivity contribution is 5.78. The van der Waals surface area contributed by atoms with E-state index in [0.717, 1.165) is 16.7 Å². The summed E-state index contributed by atoms with van der Waals surface area (Å²) in [5.41, 5.74) is 1.92. The van der Waals surface area contributed by atoms with Crippen molar-refractivity contribution in [3.63, 3.8) is 0 Å². The number of hydrogen-bond donors (Lipinski definition) is 1. The highest BCUT2D eigenvalue weighted by atomic mass is 16.5. The molecule has 0 saturated heterocycles. The predicted octanol–water partition coefficient (Wildman–Crippen LogP) is 2.85. The molecule has 2 rings (SSSR count). The molecule has 19 heavy (non-hydrogen) atoms. The highest BCUT2D eigenvalue weighted by Crippen LogP contribution is 2.20. The monoisotopic (exact) mass is 262 g/mol. The Bertz CT molecular complexity index is 549. The van der Waals surface area contributed by atoms with Crippen molar-refractivity contribution < 1.29 is 4.74 Å². The maximum Gasteiger partial charge on any atom is 0.158 e. The van der Waals surface area contributed by atoms with Gasteiger partial charge in [0.05, 0.1) is 24.2 Å². The number of nitrogens with zero attached hydrogens (tertiary/aromatic N) is 3. The van der Waals surface area contributed by atoms with Crippen LogP contribution in [0.3, 0.4) is 0 Å². The van der Waals surface area contributed by atoms with Crippen molar-refractivity contribution in [2.24, 2.45) is 0 Å². The number of methoxy groups -OCH3 is 1. The van der Waals surface area contributed by atoms with E-state index in [-0.39, 0.29) is 12.1 Å². The van der Waals surface area contributed by atoms with Crippen molar-refractivity contribution in [3.05, 3.63) is 18.5 Å². The van der Waals surface area contributed by atoms with E-state index in [4.69, 9.17) is 4.74 Å². The minimum absolute atomic E-state index is 0.147. The fraction of sp³-hybridized carbons (Fsp3) is 0.571. The molecule has 2 atom stereocenters. The molecule has 0 spiro atoms. The van der Waals surface area contributed by atoms with Gasteiger partial charge in [0, 0.05) is 24.6 Å². The minimum Gasteiger partial charge on any atom is -0.380 e. The molecule has 2 unspecified atom stereocenters. The van der Waals surface area contributed by atoms with Gasteiger partial charge in [0.15, 0.2) is 5.65 Å². The van der Waals surface area contributed by atoms with Crippen LogP contribution in [0.25, 0.3) is 11.0 Å². The Morgan fingerprint density at radius 1 is 1.21 bits per heavy atom. The molecule has 5 heteroatoms. The van der Waals surface area contributed by atoms with Crippen LogP contribution in [0.1, 0.15) is 33.7 Å². The molecule has 0 aliphatic rings. The quantitative estimate of drug-likeness (QED) is 0.900. The van der Waals surface area contributed by atoms with E-state index in [1.807, 2.05) is 24.0 Å². The third kappa shape index (κ3) is 2.87. The lowest BCUT2D eigenvalue weighted by Crippen LogP contribution is -2.29. The number of nitrogens with one attached hydrogen (secondary N) is 1. The highest BCUT2D eigenvalue weighted by Gasteiger charge is 2.12. The van der Waals surface area contributed by atoms with E-state index >= 15 is 0 Å². The number of pyridine rings is 1. The first-order chi connectivity index (χ1) is 9.02. The van der Waals surface area contributed by atoms with Gasteiger partial charge < -0.3 is 10.1 Å². The van der Waals surface area contributed by atoms with Crippen LogP contribution in [0.2, 0.25) is 0 Å². The summed E-state index contributed by atoms with van der Waals surface area (Å²) in [7, 11) is 1.72. The molecular weight excluding hydrogens is 240 g/mol. The van der Waals surface area contributed by atoms with Crippen LogP contribution in [0.5, 0.6) is 0 Å². The first kappa shape index (κ1) is 13.8. The number of ether oxygens (including phenoxy) is 1. The molecule has 1 N–H and O–H groups in total. The number of aromatic nitrogens is 3. The van der Waals surface area contributed by atoms with Crippen LogP contribution < -0.4 is 5.32 Å². The fourth-order valence-electron chi connectivity index (χ4n) is 1.98. The topological polar surface area (TPSA) is 52.0 Å². The first-order valence-corrected chi connectivity index (χ1v) is 6.65. The molecule has 2 aromatic heterocycles. The molecule has 0 amide bonds. The van der Waals surface area contributed by atoms with Gasteiger partial charge in [-0.3, -0.25) is 0 Å². The van der Waals surface area contributed by atoms with Crippen LogP contribution >= 0.6 is 0 Å². The molecule has 2 aromatic rings. The smallest absolute Gasteiger partial charge is 0.158 e. The number of hydrogen-bond acceptors (Lipinski definition) is 4. The molecule has 5 nitrogen and oxygen atoms in total. The second-order valence-corrected chi connectivity index (χ2v) is 5.19. The molecular formula is C14H22N4O. The Morgan fingerprint density at radius 2 is 1.95 bits per heavy atom. The van der Waals surface area contributed by atoms with E-state index in [2.05, 4.69) is 42.2 Å². The van der Waals surface area contributed by atoms with Crippen molar-refractivity contribution >= 4 is 16.7 Å². The fourth-order valence-corrected chi connectivity index (χ4v) is 1.98. The van der Waals surface area contributed by atoms with E-state index < -0.39 is 0 Å². The summed E-state index contributed by atoms with van der Waals surface area (Å²) in [6, 6.07) is 2.62. The van der Waals surface area contributed by atoms with Crippen molar-refractivity contribution in [1.82, 2.24) is 14.8 Å². The van der Waals surface area contributed by atoms with Gasteiger partial charge in [-0.15, -0.1) is 0 Å². The van der Waals surface area contributed by atoms with Crippen LogP contribution in [-0.4, -0.2) is 34.0 Å². The lowest BCUT2D eigenvalue weighted by atomic mass is 10.2. The van der Waals surface area contributed by atoms with Crippen molar-refractivity contribution in [3.8, 4) is 0 Å². The molecule has 104 valence electrons. The van der Waals surface area contributed by atoms with E-state index in [1.54, 1.807) is 7.11 Å². The Morgan fingerprint density at radius 3 is 2.58 bits per heavy atom. The molecule has 0 aromatic carbocycles. The number of anilines is 1. The first-order valence-electron chi connectivity index (χ1n) is 6.65. The lowest BCUT2D eigenvalue weighted by molar-refractivity contribution is 0.106. The van der Waals surface area contributed by atoms with Crippen LogP contribution in [0.15, 0.2) is 18.5 Å². The standard InChI is InChI=1S/C14H22N4O/c1-9(2)18-14-12(7-16-18)6-13(8-15-14)17-10(3)11(4)19-5/h6-11,17H,1-5H3. The Hall–Kier alpha value is -1.62. The molecule has 0 aliphatic heterocycles. The van der Waals surface area contributed by atoms with Gasteiger partial charge in [-0.25, -0.2) is 9.67 Å². The number of rotatable bonds is 5. The van der Waals surface area contributed by atoms with E-state index in [9.17, 15) is 0 Å². The van der Waals surface area contributed by atoms with E-state index in [0.29, 0.717) is 6.04 Å². The molecule has 0 fully saturated rings. The second kappa shape index (κ2) is 5.57. The van der Waals surface area contributed by atoms with Crippen LogP contribution in [0, 0.1) is 0 Å². The summed E-state index contributed by atoms with van der Waals surface area (Å²) in [5.74, 6) is 0. The van der Waals surface area contributed by atoms with Gasteiger partial charge in [0.25, 0.3) is 0 Å². The molecule has 0 bridgehead atoms. The summed E-state index contributed by atoms with van der Waals surface area (Å²) in [6.45, 7) is 8.33. The maximum atomic E-state index is 5.31. The van der Waals surface area contributed by atoms with Crippen molar-refractivity contribution in [2.75, 3.05) is 12.4 Å². The van der Waals surface area contributed by atoms with Crippen LogP contribution in [-0.2, 0) is 4.74 Å². The van der Waals surface area contributed by atoms with Crippen molar-refractivity contribution in [1.29, 1.82) is 0 Å². The zero-order valence-corrected chi connectivity index (χ0v) is 12.2. The van der Waals surface area contributed by atoms with E-state index in [1.165, 1.54) is 0 Å². The normalized spacial score (nSPS) is 14.8. The third-order valence-electron chi connectivity index (χ3n) is 3.39. The summed E-state index contributed by atoms with van der Waals surface area (Å²) < 4.78 is 7.24. The average Bonchev–Trinajstić information content (AvgIpc) is 2.80. The predicted molar refractivity (Wildman–Crippen MR) is 77.5 cm³/mol. The Kier molecular flexibility index (Phi) is 4.04. The maximum absolute atomic E-state index is 5.31. The molecule has 0 saturated carbocycles. The van der Waals surface area contributed by atoms with Gasteiger partial charge >= 0.3 is 0 Å². The van der Waals surface area contributed by atoms with Gasteiger partial charge in [0.2, 0.25) is 0 Å². The molecule has 0 radical (unpaired) electrons. The van der Waals surface area contributed by atoms with Gasteiger partial charge in [-0.05, 0) is 33.8 Å². The Balaban J connectivity index is 2.23.